The Bertz CT molecular complexity index is 390. The Kier molecular flexibility index (Phi) is 7.41. The second kappa shape index (κ2) is 8.82. The molecular formula is C16H28N2O2. The molecule has 0 heterocycles. The molecule has 0 fully saturated rings. The van der Waals surface area contributed by atoms with Gasteiger partial charge in [0.15, 0.2) is 11.5 Å². The highest BCUT2D eigenvalue weighted by molar-refractivity contribution is 5.47. The maximum Gasteiger partial charge on any atom is 0.164 e. The molecule has 1 aromatic carbocycles. The van der Waals surface area contributed by atoms with Crippen LogP contribution in [0.2, 0.25) is 0 Å². The van der Waals surface area contributed by atoms with Gasteiger partial charge < -0.3 is 20.1 Å². The van der Waals surface area contributed by atoms with E-state index in [1.165, 1.54) is 0 Å². The molecule has 2 N–H and O–H groups in total. The molecule has 1 aromatic rings. The van der Waals surface area contributed by atoms with Crippen LogP contribution in [0, 0.1) is 0 Å². The first-order valence-corrected chi connectivity index (χ1v) is 7.38. The van der Waals surface area contributed by atoms with Crippen molar-refractivity contribution in [2.75, 3.05) is 33.4 Å². The fraction of sp³-hybridized carbons (Fsp3) is 0.625. The van der Waals surface area contributed by atoms with Crippen molar-refractivity contribution >= 4 is 0 Å². The summed E-state index contributed by atoms with van der Waals surface area (Å²) < 4.78 is 11.4. The summed E-state index contributed by atoms with van der Waals surface area (Å²) in [7, 11) is 1.67. The number of ether oxygens (including phenoxy) is 2. The SMILES string of the molecule is CCN(CC)CCOc1c(CC(C)N)cccc1OC. The minimum atomic E-state index is 0.104. The monoisotopic (exact) mass is 280 g/mol. The van der Waals surface area contributed by atoms with Gasteiger partial charge in [-0.2, -0.15) is 0 Å². The predicted octanol–water partition coefficient (Wildman–Crippen LogP) is 2.31. The van der Waals surface area contributed by atoms with Crippen molar-refractivity contribution in [2.45, 2.75) is 33.2 Å². The van der Waals surface area contributed by atoms with Crippen LogP contribution >= 0.6 is 0 Å². The van der Waals surface area contributed by atoms with Crippen LogP contribution in [0.15, 0.2) is 18.2 Å². The minimum absolute atomic E-state index is 0.104. The van der Waals surface area contributed by atoms with Crippen molar-refractivity contribution in [3.63, 3.8) is 0 Å². The number of benzene rings is 1. The standard InChI is InChI=1S/C16H28N2O2/c1-5-18(6-2)10-11-20-16-14(12-13(3)17)8-7-9-15(16)19-4/h7-9,13H,5-6,10-12,17H2,1-4H3. The Morgan fingerprint density at radius 3 is 2.50 bits per heavy atom. The van der Waals surface area contributed by atoms with Gasteiger partial charge in [-0.1, -0.05) is 26.0 Å². The summed E-state index contributed by atoms with van der Waals surface area (Å²) in [5.74, 6) is 1.61. The summed E-state index contributed by atoms with van der Waals surface area (Å²) in [4.78, 5) is 2.33. The number of para-hydroxylation sites is 1. The van der Waals surface area contributed by atoms with E-state index < -0.39 is 0 Å². The molecular weight excluding hydrogens is 252 g/mol. The molecule has 0 saturated heterocycles. The largest absolute Gasteiger partial charge is 0.493 e. The van der Waals surface area contributed by atoms with Crippen LogP contribution in [-0.2, 0) is 6.42 Å². The van der Waals surface area contributed by atoms with Gasteiger partial charge in [0.2, 0.25) is 0 Å². The first-order chi connectivity index (χ1) is 9.62. The van der Waals surface area contributed by atoms with Crippen LogP contribution < -0.4 is 15.2 Å². The van der Waals surface area contributed by atoms with Gasteiger partial charge in [-0.3, -0.25) is 0 Å². The second-order valence-electron chi connectivity index (χ2n) is 5.01. The van der Waals surface area contributed by atoms with E-state index >= 15 is 0 Å². The molecule has 4 heteroatoms. The minimum Gasteiger partial charge on any atom is -0.493 e. The van der Waals surface area contributed by atoms with Crippen LogP contribution in [0.4, 0.5) is 0 Å². The van der Waals surface area contributed by atoms with Crippen molar-refractivity contribution < 1.29 is 9.47 Å². The molecule has 0 aliphatic heterocycles. The number of hydrogen-bond acceptors (Lipinski definition) is 4. The lowest BCUT2D eigenvalue weighted by atomic mass is 10.1. The van der Waals surface area contributed by atoms with Crippen molar-refractivity contribution in [1.29, 1.82) is 0 Å². The lowest BCUT2D eigenvalue weighted by Gasteiger charge is -2.20. The molecule has 0 aliphatic rings. The summed E-state index contributed by atoms with van der Waals surface area (Å²) in [6.45, 7) is 9.98. The third-order valence-corrected chi connectivity index (χ3v) is 3.37. The lowest BCUT2D eigenvalue weighted by molar-refractivity contribution is 0.215. The van der Waals surface area contributed by atoms with E-state index in [0.29, 0.717) is 6.61 Å². The summed E-state index contributed by atoms with van der Waals surface area (Å²) in [5.41, 5.74) is 7.01. The Morgan fingerprint density at radius 2 is 1.95 bits per heavy atom. The van der Waals surface area contributed by atoms with Crippen molar-refractivity contribution in [3.05, 3.63) is 23.8 Å². The smallest absolute Gasteiger partial charge is 0.164 e. The molecule has 114 valence electrons. The van der Waals surface area contributed by atoms with Crippen LogP contribution in [0.5, 0.6) is 11.5 Å². The number of nitrogens with zero attached hydrogens (tertiary/aromatic N) is 1. The Morgan fingerprint density at radius 1 is 1.25 bits per heavy atom. The normalized spacial score (nSPS) is 12.5. The van der Waals surface area contributed by atoms with E-state index in [0.717, 1.165) is 43.1 Å². The Labute approximate surface area is 122 Å². The van der Waals surface area contributed by atoms with E-state index in [-0.39, 0.29) is 6.04 Å². The first kappa shape index (κ1) is 16.8. The van der Waals surface area contributed by atoms with Crippen molar-refractivity contribution in [1.82, 2.24) is 4.90 Å². The van der Waals surface area contributed by atoms with E-state index in [1.807, 2.05) is 19.1 Å². The highest BCUT2D eigenvalue weighted by Gasteiger charge is 2.12. The number of nitrogens with two attached hydrogens (primary N) is 1. The van der Waals surface area contributed by atoms with E-state index in [2.05, 4.69) is 24.8 Å². The first-order valence-electron chi connectivity index (χ1n) is 7.38. The number of rotatable bonds is 9. The number of methoxy groups -OCH3 is 1. The van der Waals surface area contributed by atoms with E-state index in [4.69, 9.17) is 15.2 Å². The number of hydrogen-bond donors (Lipinski definition) is 1. The molecule has 0 spiro atoms. The molecule has 0 bridgehead atoms. The van der Waals surface area contributed by atoms with E-state index in [9.17, 15) is 0 Å². The molecule has 0 amide bonds. The predicted molar refractivity (Wildman–Crippen MR) is 83.6 cm³/mol. The van der Waals surface area contributed by atoms with E-state index in [1.54, 1.807) is 7.11 Å². The fourth-order valence-corrected chi connectivity index (χ4v) is 2.21. The highest BCUT2D eigenvalue weighted by atomic mass is 16.5. The number of likely N-dealkylation sites (N-methyl/N-ethyl adjacent to an activating group) is 1. The molecule has 0 aliphatic carbocycles. The molecule has 0 aromatic heterocycles. The average Bonchev–Trinajstić information content (AvgIpc) is 2.44. The van der Waals surface area contributed by atoms with Gasteiger partial charge >= 0.3 is 0 Å². The molecule has 4 nitrogen and oxygen atoms in total. The van der Waals surface area contributed by atoms with Gasteiger partial charge in [-0.25, -0.2) is 0 Å². The zero-order chi connectivity index (χ0) is 15.0. The highest BCUT2D eigenvalue weighted by Crippen LogP contribution is 2.31. The quantitative estimate of drug-likeness (QED) is 0.754. The molecule has 1 atom stereocenters. The Balaban J connectivity index is 2.75. The molecule has 1 rings (SSSR count). The van der Waals surface area contributed by atoms with Gasteiger partial charge in [0.25, 0.3) is 0 Å². The van der Waals surface area contributed by atoms with Gasteiger partial charge in [0.05, 0.1) is 7.11 Å². The molecule has 1 unspecified atom stereocenters. The van der Waals surface area contributed by atoms with Crippen molar-refractivity contribution in [3.8, 4) is 11.5 Å². The zero-order valence-corrected chi connectivity index (χ0v) is 13.2. The third kappa shape index (κ3) is 5.02. The molecule has 0 radical (unpaired) electrons. The lowest BCUT2D eigenvalue weighted by Crippen LogP contribution is -2.28. The summed E-state index contributed by atoms with van der Waals surface area (Å²) in [5, 5.41) is 0. The maximum atomic E-state index is 5.97. The Hall–Kier alpha value is -1.26. The fourth-order valence-electron chi connectivity index (χ4n) is 2.21. The zero-order valence-electron chi connectivity index (χ0n) is 13.2. The summed E-state index contributed by atoms with van der Waals surface area (Å²) in [6.07, 6.45) is 0.789. The van der Waals surface area contributed by atoms with Crippen molar-refractivity contribution in [2.24, 2.45) is 5.73 Å². The summed E-state index contributed by atoms with van der Waals surface area (Å²) in [6, 6.07) is 6.07. The maximum absolute atomic E-state index is 5.97. The average molecular weight is 280 g/mol. The van der Waals surface area contributed by atoms with Gasteiger partial charge in [-0.15, -0.1) is 0 Å². The second-order valence-corrected chi connectivity index (χ2v) is 5.01. The van der Waals surface area contributed by atoms with Crippen LogP contribution in [0.3, 0.4) is 0 Å². The molecule has 0 saturated carbocycles. The van der Waals surface area contributed by atoms with Crippen LogP contribution in [-0.4, -0.2) is 44.3 Å². The molecule has 20 heavy (non-hydrogen) atoms. The van der Waals surface area contributed by atoms with Gasteiger partial charge in [0, 0.05) is 12.6 Å². The van der Waals surface area contributed by atoms with Crippen LogP contribution in [0.25, 0.3) is 0 Å². The topological polar surface area (TPSA) is 47.7 Å². The van der Waals surface area contributed by atoms with Gasteiger partial charge in [0.1, 0.15) is 6.61 Å². The van der Waals surface area contributed by atoms with Crippen LogP contribution in [0.1, 0.15) is 26.3 Å². The summed E-state index contributed by atoms with van der Waals surface area (Å²) >= 11 is 0. The van der Waals surface area contributed by atoms with Gasteiger partial charge in [-0.05, 0) is 38.1 Å². The third-order valence-electron chi connectivity index (χ3n) is 3.37.